The van der Waals surface area contributed by atoms with Crippen LogP contribution in [0.5, 0.6) is 0 Å². The van der Waals surface area contributed by atoms with Crippen LogP contribution in [-0.4, -0.2) is 37.8 Å². The lowest BCUT2D eigenvalue weighted by Crippen LogP contribution is -2.49. The minimum atomic E-state index is -5.40. The maximum absolute atomic E-state index is 13.7. The smallest absolute Gasteiger partial charge is 0.269 e. The van der Waals surface area contributed by atoms with Crippen molar-refractivity contribution in [1.82, 2.24) is 0 Å². The van der Waals surface area contributed by atoms with Crippen molar-refractivity contribution < 1.29 is 99.4 Å². The van der Waals surface area contributed by atoms with E-state index >= 15 is 0 Å². The molecule has 0 bridgehead atoms. The van der Waals surface area contributed by atoms with Crippen LogP contribution < -0.4 is 0 Å². The molecule has 0 nitrogen and oxygen atoms in total. The quantitative estimate of drug-likeness (QED) is 0.241. The Kier molecular flexibility index (Phi) is 39.1. The molecule has 0 aromatic carbocycles. The lowest BCUT2D eigenvalue weighted by molar-refractivity contribution is -0.313. The molecule has 0 aromatic heterocycles. The number of hydrogen-bond donors (Lipinski definition) is 0. The molecule has 9 saturated carbocycles. The normalized spacial score (nSPS) is 34.4. The van der Waals surface area contributed by atoms with E-state index in [0.29, 0.717) is 63.2 Å². The summed E-state index contributed by atoms with van der Waals surface area (Å²) in [5, 5.41) is 0. The maximum atomic E-state index is 13.7. The van der Waals surface area contributed by atoms with Crippen LogP contribution in [-0.2, 0) is 0 Å². The summed E-state index contributed by atoms with van der Waals surface area (Å²) in [4.78, 5) is 0. The van der Waals surface area contributed by atoms with Gasteiger partial charge in [-0.1, -0.05) is 141 Å². The van der Waals surface area contributed by atoms with E-state index < -0.39 is 60.0 Å². The van der Waals surface area contributed by atoms with Crippen molar-refractivity contribution in [1.29, 1.82) is 0 Å². The van der Waals surface area contributed by atoms with Gasteiger partial charge in [-0.2, -0.15) is 48.3 Å². The predicted molar refractivity (Wildman–Crippen MR) is 262 cm³/mol. The Hall–Kier alpha value is -1.54. The summed E-state index contributed by atoms with van der Waals surface area (Å²) in [5.74, 6) is -5.22. The summed E-state index contributed by atoms with van der Waals surface area (Å²) in [5.41, 5.74) is 0. The van der Waals surface area contributed by atoms with Crippen molar-refractivity contribution in [3.63, 3.8) is 0 Å². The highest BCUT2D eigenvalue weighted by Gasteiger charge is 2.64. The first-order chi connectivity index (χ1) is 31.8. The van der Waals surface area contributed by atoms with Crippen LogP contribution in [0.25, 0.3) is 0 Å². The summed E-state index contributed by atoms with van der Waals surface area (Å²) in [6, 6.07) is 0. The average molecular weight is 1160 g/mol. The molecule has 0 N–H and O–H groups in total. The molecular weight excluding hydrogens is 1070 g/mol. The van der Waals surface area contributed by atoms with E-state index in [1.165, 1.54) is 19.3 Å². The van der Waals surface area contributed by atoms with E-state index in [1.807, 2.05) is 0 Å². The second kappa shape index (κ2) is 36.7. The third kappa shape index (κ3) is 21.1. The van der Waals surface area contributed by atoms with E-state index in [-0.39, 0.29) is 92.7 Å². The van der Waals surface area contributed by atoms with Gasteiger partial charge in [0.05, 0.1) is 25.2 Å². The van der Waals surface area contributed by atoms with Crippen LogP contribution in [0, 0.1) is 88.8 Å². The van der Waals surface area contributed by atoms with Crippen LogP contribution >= 0.6 is 0 Å². The molecule has 0 spiro atoms. The maximum Gasteiger partial charge on any atom is 0.453 e. The number of hydrogen-bond acceptors (Lipinski definition) is 0. The van der Waals surface area contributed by atoms with Crippen molar-refractivity contribution >= 4 is 0 Å². The van der Waals surface area contributed by atoms with Gasteiger partial charge in [0.25, 0.3) is 0 Å². The Morgan fingerprint density at radius 1 is 0.263 bits per heavy atom. The molecule has 0 amide bonds. The van der Waals surface area contributed by atoms with Crippen molar-refractivity contribution in [2.75, 3.05) is 13.3 Å². The van der Waals surface area contributed by atoms with Gasteiger partial charge in [-0.3, -0.25) is 51.1 Å². The van der Waals surface area contributed by atoms with E-state index in [9.17, 15) is 57.1 Å². The fraction of sp³-hybridized carbons (Fsp3) is 1.00. The van der Waals surface area contributed by atoms with Crippen LogP contribution in [0.3, 0.4) is 0 Å². The Morgan fingerprint density at radius 3 is 0.895 bits per heavy atom. The number of rotatable bonds is 5. The minimum absolute atomic E-state index is 0. The van der Waals surface area contributed by atoms with Crippen molar-refractivity contribution in [3.05, 3.63) is 0 Å². The van der Waals surface area contributed by atoms with Gasteiger partial charge < -0.3 is 0 Å². The molecule has 22 heteroatoms. The lowest BCUT2D eigenvalue weighted by atomic mass is 9.60. The summed E-state index contributed by atoms with van der Waals surface area (Å²) in [7, 11) is 0. The van der Waals surface area contributed by atoms with E-state index in [4.69, 9.17) is 0 Å². The third-order valence-electron chi connectivity index (χ3n) is 19.7. The van der Waals surface area contributed by atoms with Gasteiger partial charge >= 0.3 is 24.5 Å². The summed E-state index contributed by atoms with van der Waals surface area (Å²) in [6.45, 7) is -0.604. The summed E-state index contributed by atoms with van der Waals surface area (Å²) in [6.07, 6.45) is 17.9. The van der Waals surface area contributed by atoms with Gasteiger partial charge in [-0.05, 0) is 142 Å². The third-order valence-corrected chi connectivity index (χ3v) is 19.7. The topological polar surface area (TPSA) is 0 Å². The second-order valence-corrected chi connectivity index (χ2v) is 23.4. The molecule has 0 aliphatic heterocycles. The zero-order chi connectivity index (χ0) is 48.4. The number of alkyl halides is 13. The molecule has 9 aliphatic rings. The van der Waals surface area contributed by atoms with Crippen LogP contribution in [0.15, 0.2) is 0 Å². The predicted octanol–water partition coefficient (Wildman–Crippen LogP) is 20.8. The molecule has 464 valence electrons. The Labute approximate surface area is 437 Å². The number of halogens is 22. The van der Waals surface area contributed by atoms with Crippen molar-refractivity contribution in [2.45, 2.75) is 236 Å². The molecule has 76 heavy (non-hydrogen) atoms. The van der Waals surface area contributed by atoms with Crippen molar-refractivity contribution in [2.24, 2.45) is 88.8 Å². The van der Waals surface area contributed by atoms with Crippen LogP contribution in [0.1, 0.15) is 212 Å². The highest BCUT2D eigenvalue weighted by Crippen LogP contribution is 2.55. The van der Waals surface area contributed by atoms with E-state index in [1.54, 1.807) is 64.2 Å². The second-order valence-electron chi connectivity index (χ2n) is 23.4. The molecule has 0 aromatic rings. The SMILES string of the molecule is C1CCC2CC3CCCCC3CC2C1.F.F.F.F.F.F.F.F.F.FC(F)(F)C(F)(F)C1CCCCC1C1CCCCC1.FC(F)(F)C1CCCCC1C1CCCCC1C(F)(F)F.FCC1CCC2CCCCC2C1CF. The van der Waals surface area contributed by atoms with Crippen molar-refractivity contribution in [3.8, 4) is 0 Å². The fourth-order valence-electron chi connectivity index (χ4n) is 16.3. The summed E-state index contributed by atoms with van der Waals surface area (Å²) >= 11 is 0. The number of fused-ring (bicyclic) bond motifs is 3. The van der Waals surface area contributed by atoms with E-state index in [0.717, 1.165) is 81.5 Å². The fourth-order valence-corrected chi connectivity index (χ4v) is 16.3. The molecule has 9 aliphatic carbocycles. The van der Waals surface area contributed by atoms with Gasteiger partial charge in [0.1, 0.15) is 0 Å². The van der Waals surface area contributed by atoms with Crippen LogP contribution in [0.2, 0.25) is 0 Å². The monoisotopic (exact) mass is 1160 g/mol. The summed E-state index contributed by atoms with van der Waals surface area (Å²) < 4.78 is 169. The Bertz CT molecular complexity index is 1340. The first kappa shape index (κ1) is 80.9. The van der Waals surface area contributed by atoms with E-state index in [2.05, 4.69) is 0 Å². The standard InChI is InChI=1S/C14H20F6.C14H21F5.C14H24.C12H20F2.9FH/c15-13(16,17)11-7-3-1-5-9(11)10-6-2-4-8-12(10)14(18,19)20;15-13(16,14(17,18)19)12-9-5-4-8-11(12)10-6-2-1-3-7-10;1-2-6-12-10-14-8-4-3-7-13(14)9-11(12)5-1;13-7-10-6-5-9-3-1-2-4-11(9)12(10)8-14;;;;;;;;;/h9-12H,1-8H2;10-12H,1-9H2;11-14H,1-10H2;9-12H,1-8H2;9*1H. The largest absolute Gasteiger partial charge is 0.453 e. The van der Waals surface area contributed by atoms with Gasteiger partial charge in [-0.25, -0.2) is 0 Å². The minimum Gasteiger partial charge on any atom is -0.269 e. The Morgan fingerprint density at radius 2 is 0.553 bits per heavy atom. The highest BCUT2D eigenvalue weighted by molar-refractivity contribution is 4.95. The first-order valence-electron chi connectivity index (χ1n) is 27.5. The molecule has 0 saturated heterocycles. The van der Waals surface area contributed by atoms with Crippen LogP contribution in [0.4, 0.5) is 99.4 Å². The highest BCUT2D eigenvalue weighted by atomic mass is 19.4. The van der Waals surface area contributed by atoms with Gasteiger partial charge in [0, 0.05) is 5.92 Å². The molecule has 0 heterocycles. The molecule has 9 rings (SSSR count). The van der Waals surface area contributed by atoms with Gasteiger partial charge in [0.15, 0.2) is 0 Å². The average Bonchev–Trinajstić information content (AvgIpc) is 3.33. The zero-order valence-electron chi connectivity index (χ0n) is 44.0. The van der Waals surface area contributed by atoms with Gasteiger partial charge in [-0.15, -0.1) is 0 Å². The lowest BCUT2D eigenvalue weighted by Gasteiger charge is -2.46. The molecule has 9 fully saturated rings. The molecule has 0 radical (unpaired) electrons. The first-order valence-corrected chi connectivity index (χ1v) is 27.5. The molecule has 14 atom stereocenters. The molecular formula is C54H94F22. The molecule has 14 unspecified atom stereocenters. The van der Waals surface area contributed by atoms with Gasteiger partial charge in [0.2, 0.25) is 0 Å². The zero-order valence-corrected chi connectivity index (χ0v) is 44.0. The Balaban J connectivity index is -0.000000441.